The number of carbonyl (C=O) groups is 1. The molecule has 0 fully saturated rings. The van der Waals surface area contributed by atoms with Crippen molar-refractivity contribution in [2.75, 3.05) is 0 Å². The van der Waals surface area contributed by atoms with Crippen molar-refractivity contribution in [3.63, 3.8) is 0 Å². The van der Waals surface area contributed by atoms with E-state index in [2.05, 4.69) is 5.10 Å². The third-order valence-corrected chi connectivity index (χ3v) is 3.46. The lowest BCUT2D eigenvalue weighted by Crippen LogP contribution is -2.11. The van der Waals surface area contributed by atoms with Gasteiger partial charge in [-0.05, 0) is 31.0 Å². The molecule has 0 aliphatic heterocycles. The second kappa shape index (κ2) is 5.86. The smallest absolute Gasteiger partial charge is 0.339 e. The maximum Gasteiger partial charge on any atom is 0.339 e. The number of halogens is 1. The standard InChI is InChI=1S/C15H17FN2O2/c1-3-10(4-2)14-13(15(19)20)9-17-18(14)12-7-5-6-11(16)8-12/h5-10H,3-4H2,1-2H3,(H,19,20). The van der Waals surface area contributed by atoms with Crippen molar-refractivity contribution in [2.24, 2.45) is 0 Å². The highest BCUT2D eigenvalue weighted by molar-refractivity contribution is 5.89. The Hall–Kier alpha value is -2.17. The number of carboxylic acid groups (broad SMARTS) is 1. The topological polar surface area (TPSA) is 55.1 Å². The van der Waals surface area contributed by atoms with Gasteiger partial charge in [0.25, 0.3) is 0 Å². The summed E-state index contributed by atoms with van der Waals surface area (Å²) in [5.74, 6) is -1.30. The Morgan fingerprint density at radius 1 is 1.40 bits per heavy atom. The first kappa shape index (κ1) is 14.2. The van der Waals surface area contributed by atoms with Gasteiger partial charge in [0.15, 0.2) is 0 Å². The molecule has 106 valence electrons. The molecule has 1 heterocycles. The van der Waals surface area contributed by atoms with Gasteiger partial charge in [0.05, 0.1) is 17.6 Å². The van der Waals surface area contributed by atoms with Crippen LogP contribution in [0.1, 0.15) is 48.7 Å². The molecular weight excluding hydrogens is 259 g/mol. The van der Waals surface area contributed by atoms with Gasteiger partial charge in [-0.2, -0.15) is 5.10 Å². The first-order chi connectivity index (χ1) is 9.58. The summed E-state index contributed by atoms with van der Waals surface area (Å²) in [6.07, 6.45) is 2.94. The Kier molecular flexibility index (Phi) is 4.17. The summed E-state index contributed by atoms with van der Waals surface area (Å²) in [5, 5.41) is 13.4. The minimum absolute atomic E-state index is 0.0758. The fraction of sp³-hybridized carbons (Fsp3) is 0.333. The minimum atomic E-state index is -1.01. The molecule has 0 unspecified atom stereocenters. The van der Waals surface area contributed by atoms with Gasteiger partial charge in [-0.15, -0.1) is 0 Å². The number of hydrogen-bond donors (Lipinski definition) is 1. The SMILES string of the molecule is CCC(CC)c1c(C(=O)O)cnn1-c1cccc(F)c1. The Bertz CT molecular complexity index is 618. The van der Waals surface area contributed by atoms with Crippen LogP contribution >= 0.6 is 0 Å². The lowest BCUT2D eigenvalue weighted by Gasteiger charge is -2.16. The molecule has 0 spiro atoms. The Labute approximate surface area is 116 Å². The van der Waals surface area contributed by atoms with E-state index in [0.717, 1.165) is 12.8 Å². The van der Waals surface area contributed by atoms with Gasteiger partial charge in [0, 0.05) is 5.92 Å². The van der Waals surface area contributed by atoms with E-state index in [1.165, 1.54) is 23.0 Å². The molecule has 0 saturated carbocycles. The lowest BCUT2D eigenvalue weighted by molar-refractivity contribution is 0.0695. The summed E-state index contributed by atoms with van der Waals surface area (Å²) in [7, 11) is 0. The number of aromatic nitrogens is 2. The summed E-state index contributed by atoms with van der Waals surface area (Å²) in [5.41, 5.74) is 1.36. The zero-order valence-electron chi connectivity index (χ0n) is 11.5. The number of benzene rings is 1. The highest BCUT2D eigenvalue weighted by Gasteiger charge is 2.23. The Morgan fingerprint density at radius 2 is 2.10 bits per heavy atom. The van der Waals surface area contributed by atoms with Crippen molar-refractivity contribution < 1.29 is 14.3 Å². The first-order valence-electron chi connectivity index (χ1n) is 6.65. The van der Waals surface area contributed by atoms with E-state index < -0.39 is 5.97 Å². The third-order valence-electron chi connectivity index (χ3n) is 3.46. The molecule has 1 aromatic carbocycles. The molecule has 4 nitrogen and oxygen atoms in total. The number of nitrogens with zero attached hydrogens (tertiary/aromatic N) is 2. The number of rotatable bonds is 5. The molecule has 0 amide bonds. The average molecular weight is 276 g/mol. The van der Waals surface area contributed by atoms with Crippen LogP contribution in [0, 0.1) is 5.82 Å². The molecule has 20 heavy (non-hydrogen) atoms. The molecule has 0 atom stereocenters. The lowest BCUT2D eigenvalue weighted by atomic mass is 9.96. The minimum Gasteiger partial charge on any atom is -0.478 e. The second-order valence-electron chi connectivity index (χ2n) is 4.65. The van der Waals surface area contributed by atoms with Crippen LogP contribution in [0.4, 0.5) is 4.39 Å². The summed E-state index contributed by atoms with van der Waals surface area (Å²) in [6.45, 7) is 4.01. The van der Waals surface area contributed by atoms with Gasteiger partial charge >= 0.3 is 5.97 Å². The molecule has 2 aromatic rings. The normalized spacial score (nSPS) is 11.0. The highest BCUT2D eigenvalue weighted by atomic mass is 19.1. The summed E-state index contributed by atoms with van der Waals surface area (Å²) in [4.78, 5) is 11.3. The van der Waals surface area contributed by atoms with Crippen molar-refractivity contribution in [2.45, 2.75) is 32.6 Å². The van der Waals surface area contributed by atoms with Crippen LogP contribution in [0.5, 0.6) is 0 Å². The van der Waals surface area contributed by atoms with Crippen LogP contribution in [0.2, 0.25) is 0 Å². The molecule has 5 heteroatoms. The first-order valence-corrected chi connectivity index (χ1v) is 6.65. The van der Waals surface area contributed by atoms with E-state index in [-0.39, 0.29) is 17.3 Å². The van der Waals surface area contributed by atoms with Crippen LogP contribution in [0.25, 0.3) is 5.69 Å². The molecule has 1 N–H and O–H groups in total. The zero-order chi connectivity index (χ0) is 14.7. The van der Waals surface area contributed by atoms with E-state index >= 15 is 0 Å². The summed E-state index contributed by atoms with van der Waals surface area (Å²) >= 11 is 0. The monoisotopic (exact) mass is 276 g/mol. The molecule has 2 rings (SSSR count). The van der Waals surface area contributed by atoms with Gasteiger partial charge in [-0.3, -0.25) is 0 Å². The number of carboxylic acids is 1. The Morgan fingerprint density at radius 3 is 2.65 bits per heavy atom. The van der Waals surface area contributed by atoms with Gasteiger partial charge in [-0.25, -0.2) is 13.9 Å². The van der Waals surface area contributed by atoms with Gasteiger partial charge < -0.3 is 5.11 Å². The maximum absolute atomic E-state index is 13.4. The molecule has 1 aromatic heterocycles. The molecule has 0 bridgehead atoms. The van der Waals surface area contributed by atoms with E-state index in [9.17, 15) is 14.3 Å². The van der Waals surface area contributed by atoms with Gasteiger partial charge in [-0.1, -0.05) is 19.9 Å². The van der Waals surface area contributed by atoms with Crippen molar-refractivity contribution in [3.8, 4) is 5.69 Å². The Balaban J connectivity index is 2.61. The summed E-state index contributed by atoms with van der Waals surface area (Å²) in [6, 6.07) is 6.00. The van der Waals surface area contributed by atoms with Crippen LogP contribution in [-0.2, 0) is 0 Å². The molecule has 0 saturated heterocycles. The molecule has 0 aliphatic rings. The number of aromatic carboxylic acids is 1. The van der Waals surface area contributed by atoms with Crippen molar-refractivity contribution in [1.82, 2.24) is 9.78 Å². The second-order valence-corrected chi connectivity index (χ2v) is 4.65. The van der Waals surface area contributed by atoms with E-state index in [1.54, 1.807) is 12.1 Å². The van der Waals surface area contributed by atoms with E-state index in [4.69, 9.17) is 0 Å². The van der Waals surface area contributed by atoms with Crippen LogP contribution in [-0.4, -0.2) is 20.9 Å². The zero-order valence-corrected chi connectivity index (χ0v) is 11.5. The maximum atomic E-state index is 13.4. The largest absolute Gasteiger partial charge is 0.478 e. The average Bonchev–Trinajstić information content (AvgIpc) is 2.85. The van der Waals surface area contributed by atoms with Crippen LogP contribution < -0.4 is 0 Å². The van der Waals surface area contributed by atoms with Crippen molar-refractivity contribution in [1.29, 1.82) is 0 Å². The molecule has 0 aliphatic carbocycles. The summed E-state index contributed by atoms with van der Waals surface area (Å²) < 4.78 is 14.9. The highest BCUT2D eigenvalue weighted by Crippen LogP contribution is 2.28. The quantitative estimate of drug-likeness (QED) is 0.907. The molecule has 0 radical (unpaired) electrons. The fourth-order valence-electron chi connectivity index (χ4n) is 2.40. The predicted molar refractivity (Wildman–Crippen MR) is 73.8 cm³/mol. The third kappa shape index (κ3) is 2.57. The number of hydrogen-bond acceptors (Lipinski definition) is 2. The van der Waals surface area contributed by atoms with E-state index in [0.29, 0.717) is 11.4 Å². The van der Waals surface area contributed by atoms with Crippen molar-refractivity contribution in [3.05, 3.63) is 47.5 Å². The van der Waals surface area contributed by atoms with Gasteiger partial charge in [0.1, 0.15) is 11.4 Å². The molecular formula is C15H17FN2O2. The fourth-order valence-corrected chi connectivity index (χ4v) is 2.40. The van der Waals surface area contributed by atoms with Gasteiger partial charge in [0.2, 0.25) is 0 Å². The van der Waals surface area contributed by atoms with Crippen LogP contribution in [0.3, 0.4) is 0 Å². The van der Waals surface area contributed by atoms with E-state index in [1.807, 2.05) is 13.8 Å². The predicted octanol–water partition coefficient (Wildman–Crippen LogP) is 3.61. The van der Waals surface area contributed by atoms with Crippen molar-refractivity contribution >= 4 is 5.97 Å². The van der Waals surface area contributed by atoms with Crippen LogP contribution in [0.15, 0.2) is 30.5 Å².